The predicted octanol–water partition coefficient (Wildman–Crippen LogP) is 5.52. The number of halogens is 1. The number of nitrogens with zero attached hydrogens (tertiary/aromatic N) is 1. The van der Waals surface area contributed by atoms with Crippen molar-refractivity contribution in [1.29, 1.82) is 0 Å². The monoisotopic (exact) mass is 715 g/mol. The minimum absolute atomic E-state index is 0.00483. The van der Waals surface area contributed by atoms with Gasteiger partial charge in [-0.1, -0.05) is 99.9 Å². The van der Waals surface area contributed by atoms with Crippen LogP contribution in [0.2, 0.25) is 0 Å². The molecule has 45 heavy (non-hydrogen) atoms. The molecule has 1 aromatic carbocycles. The van der Waals surface area contributed by atoms with Gasteiger partial charge in [-0.15, -0.1) is 0 Å². The van der Waals surface area contributed by atoms with Gasteiger partial charge in [-0.05, 0) is 63.4 Å². The number of nitrogens with two attached hydrogens (primary N) is 2. The molecular formula is C33H58BrN5O5S. The van der Waals surface area contributed by atoms with E-state index in [1.807, 2.05) is 0 Å². The first-order chi connectivity index (χ1) is 21.5. The number of carbonyl (C=O) groups is 3. The normalized spacial score (nSPS) is 13.0. The Morgan fingerprint density at radius 1 is 0.844 bits per heavy atom. The summed E-state index contributed by atoms with van der Waals surface area (Å²) in [6, 6.07) is 4.16. The summed E-state index contributed by atoms with van der Waals surface area (Å²) < 4.78 is 28.3. The Balaban J connectivity index is 2.53. The van der Waals surface area contributed by atoms with Gasteiger partial charge in [0.15, 0.2) is 0 Å². The average molecular weight is 717 g/mol. The highest BCUT2D eigenvalue weighted by Gasteiger charge is 2.32. The fourth-order valence-corrected chi connectivity index (χ4v) is 7.02. The highest BCUT2D eigenvalue weighted by atomic mass is 79.9. The molecule has 0 bridgehead atoms. The van der Waals surface area contributed by atoms with Gasteiger partial charge in [-0.3, -0.25) is 14.4 Å². The number of carbonyl (C=O) groups excluding carboxylic acids is 3. The van der Waals surface area contributed by atoms with Crippen molar-refractivity contribution in [3.05, 3.63) is 28.7 Å². The first kappa shape index (κ1) is 41.0. The molecule has 0 saturated carbocycles. The van der Waals surface area contributed by atoms with E-state index in [9.17, 15) is 22.8 Å². The molecule has 0 unspecified atom stereocenters. The zero-order valence-corrected chi connectivity index (χ0v) is 29.9. The van der Waals surface area contributed by atoms with Crippen LogP contribution in [0.5, 0.6) is 0 Å². The van der Waals surface area contributed by atoms with Gasteiger partial charge in [0.1, 0.15) is 12.1 Å². The molecule has 258 valence electrons. The zero-order valence-electron chi connectivity index (χ0n) is 27.5. The molecule has 0 fully saturated rings. The van der Waals surface area contributed by atoms with Gasteiger partial charge in [0, 0.05) is 24.0 Å². The fourth-order valence-electron chi connectivity index (χ4n) is 5.15. The third-order valence-corrected chi connectivity index (χ3v) is 10.5. The standard InChI is InChI=1S/C33H58BrN5O5S/c1-3-4-5-6-7-8-9-10-11-12-13-14-15-19-31(40)38-30(18-16-17-24-35)33(42)37-25-26-39(27(2)32(36)41)45(43,44)29-22-20-28(34)21-23-29/h20-23,27,30H,3-19,24-26,35H2,1-2H3,(H2,36,41)(H,37,42)(H,38,40)/t27-,30-/m0/s1. The average Bonchev–Trinajstić information content (AvgIpc) is 3.00. The lowest BCUT2D eigenvalue weighted by Gasteiger charge is -2.27. The summed E-state index contributed by atoms with van der Waals surface area (Å²) in [5.41, 5.74) is 11.1. The molecule has 10 nitrogen and oxygen atoms in total. The smallest absolute Gasteiger partial charge is 0.243 e. The highest BCUT2D eigenvalue weighted by molar-refractivity contribution is 9.10. The van der Waals surface area contributed by atoms with Gasteiger partial charge >= 0.3 is 0 Å². The van der Waals surface area contributed by atoms with Gasteiger partial charge in [-0.2, -0.15) is 4.31 Å². The number of benzene rings is 1. The summed E-state index contributed by atoms with van der Waals surface area (Å²) in [6.45, 7) is 3.90. The Bertz CT molecular complexity index is 1090. The fraction of sp³-hybridized carbons (Fsp3) is 0.727. The SMILES string of the molecule is CCCCCCCCCCCCCCCC(=O)N[C@@H](CCCCN)C(=O)NCCN([C@@H](C)C(N)=O)S(=O)(=O)c1ccc(Br)cc1. The molecule has 1 rings (SSSR count). The number of hydrogen-bond acceptors (Lipinski definition) is 6. The van der Waals surface area contributed by atoms with Crippen molar-refractivity contribution in [2.24, 2.45) is 11.5 Å². The Morgan fingerprint density at radius 2 is 1.38 bits per heavy atom. The number of hydrogen-bond donors (Lipinski definition) is 4. The maximum Gasteiger partial charge on any atom is 0.243 e. The third kappa shape index (κ3) is 17.5. The van der Waals surface area contributed by atoms with Gasteiger partial charge in [0.25, 0.3) is 0 Å². The van der Waals surface area contributed by atoms with Crippen LogP contribution in [-0.4, -0.2) is 62.2 Å². The minimum Gasteiger partial charge on any atom is -0.368 e. The van der Waals surface area contributed by atoms with E-state index >= 15 is 0 Å². The first-order valence-electron chi connectivity index (χ1n) is 16.9. The summed E-state index contributed by atoms with van der Waals surface area (Å²) in [5, 5.41) is 5.60. The minimum atomic E-state index is -4.07. The van der Waals surface area contributed by atoms with Gasteiger partial charge in [-0.25, -0.2) is 8.42 Å². The van der Waals surface area contributed by atoms with Crippen LogP contribution < -0.4 is 22.1 Å². The summed E-state index contributed by atoms with van der Waals surface area (Å²) in [7, 11) is -4.07. The molecule has 12 heteroatoms. The van der Waals surface area contributed by atoms with Crippen LogP contribution in [0.3, 0.4) is 0 Å². The van der Waals surface area contributed by atoms with Crippen LogP contribution in [0.15, 0.2) is 33.6 Å². The van der Waals surface area contributed by atoms with Crippen molar-refractivity contribution < 1.29 is 22.8 Å². The molecule has 3 amide bonds. The molecule has 1 aromatic rings. The van der Waals surface area contributed by atoms with Gasteiger partial charge < -0.3 is 22.1 Å². The number of primary amides is 1. The second-order valence-electron chi connectivity index (χ2n) is 11.8. The van der Waals surface area contributed by atoms with Crippen molar-refractivity contribution in [1.82, 2.24) is 14.9 Å². The van der Waals surface area contributed by atoms with Crippen molar-refractivity contribution in [3.63, 3.8) is 0 Å². The van der Waals surface area contributed by atoms with E-state index in [0.717, 1.165) is 23.6 Å². The number of rotatable bonds is 27. The number of sulfonamides is 1. The van der Waals surface area contributed by atoms with E-state index in [-0.39, 0.29) is 23.9 Å². The number of nitrogens with one attached hydrogen (secondary N) is 2. The lowest BCUT2D eigenvalue weighted by Crippen LogP contribution is -2.51. The van der Waals surface area contributed by atoms with Crippen molar-refractivity contribution in [3.8, 4) is 0 Å². The highest BCUT2D eigenvalue weighted by Crippen LogP contribution is 2.20. The Morgan fingerprint density at radius 3 is 1.89 bits per heavy atom. The Hall–Kier alpha value is -2.02. The summed E-state index contributed by atoms with van der Waals surface area (Å²) in [4.78, 5) is 37.7. The quantitative estimate of drug-likeness (QED) is 0.0876. The van der Waals surface area contributed by atoms with Crippen LogP contribution in [0, 0.1) is 0 Å². The number of unbranched alkanes of at least 4 members (excludes halogenated alkanes) is 13. The van der Waals surface area contributed by atoms with Crippen LogP contribution in [0.25, 0.3) is 0 Å². The predicted molar refractivity (Wildman–Crippen MR) is 185 cm³/mol. The zero-order chi connectivity index (χ0) is 33.5. The van der Waals surface area contributed by atoms with Crippen LogP contribution >= 0.6 is 15.9 Å². The maximum atomic E-state index is 13.3. The Labute approximate surface area is 280 Å². The molecule has 0 aliphatic heterocycles. The van der Waals surface area contributed by atoms with Crippen molar-refractivity contribution >= 4 is 43.7 Å². The van der Waals surface area contributed by atoms with Crippen LogP contribution in [0.4, 0.5) is 0 Å². The van der Waals surface area contributed by atoms with E-state index in [0.29, 0.717) is 36.7 Å². The molecule has 0 radical (unpaired) electrons. The summed E-state index contributed by atoms with van der Waals surface area (Å²) in [5.74, 6) is -1.38. The maximum absolute atomic E-state index is 13.3. The molecular weight excluding hydrogens is 658 g/mol. The molecule has 2 atom stereocenters. The second kappa shape index (κ2) is 24.2. The summed E-state index contributed by atoms with van der Waals surface area (Å²) >= 11 is 3.29. The lowest BCUT2D eigenvalue weighted by molar-refractivity contribution is -0.129. The molecule has 0 aliphatic rings. The lowest BCUT2D eigenvalue weighted by atomic mass is 10.0. The van der Waals surface area contributed by atoms with E-state index in [1.165, 1.54) is 83.3 Å². The van der Waals surface area contributed by atoms with Crippen LogP contribution in [-0.2, 0) is 24.4 Å². The van der Waals surface area contributed by atoms with Crippen LogP contribution in [0.1, 0.15) is 123 Å². The first-order valence-corrected chi connectivity index (χ1v) is 19.1. The topological polar surface area (TPSA) is 165 Å². The third-order valence-electron chi connectivity index (χ3n) is 8.00. The van der Waals surface area contributed by atoms with E-state index in [1.54, 1.807) is 12.1 Å². The van der Waals surface area contributed by atoms with Gasteiger partial charge in [0.2, 0.25) is 27.7 Å². The second-order valence-corrected chi connectivity index (χ2v) is 14.6. The van der Waals surface area contributed by atoms with Crippen molar-refractivity contribution in [2.45, 2.75) is 140 Å². The molecule has 0 heterocycles. The number of amides is 3. The van der Waals surface area contributed by atoms with E-state index in [2.05, 4.69) is 33.5 Å². The van der Waals surface area contributed by atoms with E-state index in [4.69, 9.17) is 11.5 Å². The molecule has 0 saturated heterocycles. The molecule has 0 spiro atoms. The van der Waals surface area contributed by atoms with E-state index < -0.39 is 33.9 Å². The molecule has 6 N–H and O–H groups in total. The summed E-state index contributed by atoms with van der Waals surface area (Å²) in [6.07, 6.45) is 18.1. The van der Waals surface area contributed by atoms with Crippen molar-refractivity contribution in [2.75, 3.05) is 19.6 Å². The molecule has 0 aromatic heterocycles. The Kier molecular flexibility index (Phi) is 22.0. The molecule has 0 aliphatic carbocycles. The van der Waals surface area contributed by atoms with Gasteiger partial charge in [0.05, 0.1) is 4.90 Å². The largest absolute Gasteiger partial charge is 0.368 e.